The van der Waals surface area contributed by atoms with Gasteiger partial charge in [-0.05, 0) is 54.8 Å². The van der Waals surface area contributed by atoms with Crippen LogP contribution < -0.4 is 15.4 Å². The first-order valence-corrected chi connectivity index (χ1v) is 7.99. The summed E-state index contributed by atoms with van der Waals surface area (Å²) in [5, 5.41) is 6.06. The molecule has 0 atom stereocenters. The van der Waals surface area contributed by atoms with Gasteiger partial charge in [0.2, 0.25) is 0 Å². The zero-order valence-corrected chi connectivity index (χ0v) is 14.1. The third-order valence-corrected chi connectivity index (χ3v) is 3.61. The topological polar surface area (TPSA) is 50.4 Å². The number of hydrogen-bond acceptors (Lipinski definition) is 2. The SMILES string of the molecule is CCCc1ccc(OCNC(=O)Nc2ccc(Cl)cc2C)cc1. The Hall–Kier alpha value is -2.20. The van der Waals surface area contributed by atoms with E-state index in [1.54, 1.807) is 18.2 Å². The van der Waals surface area contributed by atoms with Crippen molar-refractivity contribution in [2.45, 2.75) is 26.7 Å². The molecule has 2 amide bonds. The van der Waals surface area contributed by atoms with E-state index in [-0.39, 0.29) is 12.8 Å². The molecule has 23 heavy (non-hydrogen) atoms. The molecule has 0 aromatic heterocycles. The van der Waals surface area contributed by atoms with E-state index in [4.69, 9.17) is 16.3 Å². The Kier molecular flexibility index (Phi) is 6.29. The van der Waals surface area contributed by atoms with Gasteiger partial charge in [-0.3, -0.25) is 0 Å². The van der Waals surface area contributed by atoms with Crippen LogP contribution in [0.15, 0.2) is 42.5 Å². The van der Waals surface area contributed by atoms with Gasteiger partial charge in [-0.25, -0.2) is 4.79 Å². The van der Waals surface area contributed by atoms with E-state index in [0.717, 1.165) is 29.8 Å². The Labute approximate surface area is 141 Å². The Morgan fingerprint density at radius 2 is 1.91 bits per heavy atom. The smallest absolute Gasteiger partial charge is 0.321 e. The predicted octanol–water partition coefficient (Wildman–Crippen LogP) is 4.76. The van der Waals surface area contributed by atoms with E-state index in [9.17, 15) is 4.79 Å². The number of urea groups is 1. The highest BCUT2D eigenvalue weighted by Gasteiger charge is 2.04. The van der Waals surface area contributed by atoms with Gasteiger partial charge in [-0.2, -0.15) is 0 Å². The van der Waals surface area contributed by atoms with Crippen molar-refractivity contribution in [2.75, 3.05) is 12.0 Å². The van der Waals surface area contributed by atoms with E-state index in [0.29, 0.717) is 5.02 Å². The summed E-state index contributed by atoms with van der Waals surface area (Å²) in [6.45, 7) is 4.14. The van der Waals surface area contributed by atoms with E-state index >= 15 is 0 Å². The van der Waals surface area contributed by atoms with Gasteiger partial charge < -0.3 is 15.4 Å². The van der Waals surface area contributed by atoms with Gasteiger partial charge in [0, 0.05) is 10.7 Å². The monoisotopic (exact) mass is 332 g/mol. The van der Waals surface area contributed by atoms with Crippen LogP contribution in [0.25, 0.3) is 0 Å². The summed E-state index contributed by atoms with van der Waals surface area (Å²) < 4.78 is 5.50. The molecule has 122 valence electrons. The molecule has 0 bridgehead atoms. The number of aryl methyl sites for hydroxylation is 2. The largest absolute Gasteiger partial charge is 0.473 e. The van der Waals surface area contributed by atoms with Gasteiger partial charge in [-0.15, -0.1) is 0 Å². The maximum absolute atomic E-state index is 11.8. The van der Waals surface area contributed by atoms with Gasteiger partial charge in [0.1, 0.15) is 5.75 Å². The molecule has 0 saturated heterocycles. The lowest BCUT2D eigenvalue weighted by molar-refractivity contribution is 0.234. The van der Waals surface area contributed by atoms with Crippen LogP contribution >= 0.6 is 11.6 Å². The number of carbonyl (C=O) groups excluding carboxylic acids is 1. The second-order valence-electron chi connectivity index (χ2n) is 5.27. The highest BCUT2D eigenvalue weighted by Crippen LogP contribution is 2.19. The van der Waals surface area contributed by atoms with Gasteiger partial charge in [0.15, 0.2) is 6.73 Å². The lowest BCUT2D eigenvalue weighted by atomic mass is 10.1. The summed E-state index contributed by atoms with van der Waals surface area (Å²) in [5.41, 5.74) is 2.90. The number of rotatable bonds is 6. The van der Waals surface area contributed by atoms with E-state index < -0.39 is 0 Å². The maximum Gasteiger partial charge on any atom is 0.321 e. The zero-order chi connectivity index (χ0) is 16.7. The van der Waals surface area contributed by atoms with Crippen LogP contribution in [-0.4, -0.2) is 12.8 Å². The molecule has 0 aliphatic heterocycles. The number of carbonyl (C=O) groups is 1. The third kappa shape index (κ3) is 5.49. The van der Waals surface area contributed by atoms with Crippen LogP contribution in [0.1, 0.15) is 24.5 Å². The minimum absolute atomic E-state index is 0.103. The molecule has 0 aliphatic carbocycles. The second-order valence-corrected chi connectivity index (χ2v) is 5.71. The summed E-state index contributed by atoms with van der Waals surface area (Å²) >= 11 is 5.89. The van der Waals surface area contributed by atoms with E-state index in [1.807, 2.05) is 31.2 Å². The van der Waals surface area contributed by atoms with Crippen molar-refractivity contribution in [3.8, 4) is 5.75 Å². The molecule has 0 saturated carbocycles. The number of anilines is 1. The molecule has 2 aromatic carbocycles. The summed E-state index contributed by atoms with van der Waals surface area (Å²) in [5.74, 6) is 0.729. The van der Waals surface area contributed by atoms with E-state index in [1.165, 1.54) is 5.56 Å². The Morgan fingerprint density at radius 3 is 2.57 bits per heavy atom. The van der Waals surface area contributed by atoms with Crippen molar-refractivity contribution in [1.82, 2.24) is 5.32 Å². The van der Waals surface area contributed by atoms with Gasteiger partial charge >= 0.3 is 6.03 Å². The Morgan fingerprint density at radius 1 is 1.17 bits per heavy atom. The standard InChI is InChI=1S/C18H21ClN2O2/c1-3-4-14-5-8-16(9-6-14)23-12-20-18(22)21-17-10-7-15(19)11-13(17)2/h5-11H,3-4,12H2,1-2H3,(H2,20,21,22). The summed E-state index contributed by atoms with van der Waals surface area (Å²) in [6, 6.07) is 12.9. The van der Waals surface area contributed by atoms with E-state index in [2.05, 4.69) is 17.6 Å². The van der Waals surface area contributed by atoms with Gasteiger partial charge in [0.05, 0.1) is 0 Å². The minimum Gasteiger partial charge on any atom is -0.473 e. The summed E-state index contributed by atoms with van der Waals surface area (Å²) in [6.07, 6.45) is 2.17. The number of nitrogens with one attached hydrogen (secondary N) is 2. The molecule has 0 spiro atoms. The maximum atomic E-state index is 11.8. The lowest BCUT2D eigenvalue weighted by Gasteiger charge is -2.11. The molecule has 2 rings (SSSR count). The second kappa shape index (κ2) is 8.44. The van der Waals surface area contributed by atoms with Crippen molar-refractivity contribution in [2.24, 2.45) is 0 Å². The highest BCUT2D eigenvalue weighted by molar-refractivity contribution is 6.30. The molecule has 0 heterocycles. The molecule has 0 aliphatic rings. The van der Waals surface area contributed by atoms with Crippen LogP contribution in [-0.2, 0) is 6.42 Å². The van der Waals surface area contributed by atoms with Crippen LogP contribution in [0.3, 0.4) is 0 Å². The van der Waals surface area contributed by atoms with Crippen LogP contribution in [0.2, 0.25) is 5.02 Å². The van der Waals surface area contributed by atoms with Crippen LogP contribution in [0.5, 0.6) is 5.75 Å². The average molecular weight is 333 g/mol. The molecule has 5 heteroatoms. The number of halogens is 1. The highest BCUT2D eigenvalue weighted by atomic mass is 35.5. The van der Waals surface area contributed by atoms with Crippen molar-refractivity contribution in [1.29, 1.82) is 0 Å². The molecule has 4 nitrogen and oxygen atoms in total. The third-order valence-electron chi connectivity index (χ3n) is 3.37. The first-order chi connectivity index (χ1) is 11.1. The molecule has 0 fully saturated rings. The quantitative estimate of drug-likeness (QED) is 0.749. The average Bonchev–Trinajstić information content (AvgIpc) is 2.52. The van der Waals surface area contributed by atoms with Gasteiger partial charge in [-0.1, -0.05) is 37.1 Å². The zero-order valence-electron chi connectivity index (χ0n) is 13.4. The van der Waals surface area contributed by atoms with Crippen molar-refractivity contribution in [3.63, 3.8) is 0 Å². The van der Waals surface area contributed by atoms with Crippen LogP contribution in [0.4, 0.5) is 10.5 Å². The molecular formula is C18H21ClN2O2. The number of hydrogen-bond donors (Lipinski definition) is 2. The van der Waals surface area contributed by atoms with Gasteiger partial charge in [0.25, 0.3) is 0 Å². The molecule has 2 N–H and O–H groups in total. The minimum atomic E-state index is -0.321. The first kappa shape index (κ1) is 17.2. The fourth-order valence-corrected chi connectivity index (χ4v) is 2.39. The summed E-state index contributed by atoms with van der Waals surface area (Å²) in [4.78, 5) is 11.8. The normalized spacial score (nSPS) is 10.2. The predicted molar refractivity (Wildman–Crippen MR) is 94.3 cm³/mol. The van der Waals surface area contributed by atoms with Crippen molar-refractivity contribution in [3.05, 3.63) is 58.6 Å². The first-order valence-electron chi connectivity index (χ1n) is 7.61. The van der Waals surface area contributed by atoms with Crippen LogP contribution in [0, 0.1) is 6.92 Å². The number of ether oxygens (including phenoxy) is 1. The fraction of sp³-hybridized carbons (Fsp3) is 0.278. The molecular weight excluding hydrogens is 312 g/mol. The summed E-state index contributed by atoms with van der Waals surface area (Å²) in [7, 11) is 0. The molecule has 0 unspecified atom stereocenters. The molecule has 0 radical (unpaired) electrons. The van der Waals surface area contributed by atoms with Crippen molar-refractivity contribution < 1.29 is 9.53 Å². The Balaban J connectivity index is 1.78. The Bertz CT molecular complexity index is 657. The van der Waals surface area contributed by atoms with Crippen molar-refractivity contribution >= 4 is 23.3 Å². The molecule has 2 aromatic rings. The number of benzene rings is 2. The number of amides is 2. The fourth-order valence-electron chi connectivity index (χ4n) is 2.16. The lowest BCUT2D eigenvalue weighted by Crippen LogP contribution is -2.32.